The predicted molar refractivity (Wildman–Crippen MR) is 206 cm³/mol. The minimum absolute atomic E-state index is 0.0272. The molecule has 2 aliphatic rings. The molecule has 2 heterocycles. The fraction of sp³-hybridized carbons (Fsp3) is 0.400. The summed E-state index contributed by atoms with van der Waals surface area (Å²) in [7, 11) is 0. The molecule has 0 saturated carbocycles. The van der Waals surface area contributed by atoms with E-state index in [9.17, 15) is 0 Å². The lowest BCUT2D eigenvalue weighted by Crippen LogP contribution is -2.20. The summed E-state index contributed by atoms with van der Waals surface area (Å²) in [6, 6.07) is 25.7. The van der Waals surface area contributed by atoms with E-state index >= 15 is 0 Å². The first-order valence-corrected chi connectivity index (χ1v) is 18.3. The van der Waals surface area contributed by atoms with Gasteiger partial charge in [0.05, 0.1) is 10.4 Å². The Balaban J connectivity index is 1.39. The Morgan fingerprint density at radius 2 is 1.26 bits per heavy atom. The fourth-order valence-electron chi connectivity index (χ4n) is 10.2. The topological polar surface area (TPSA) is 12.9 Å². The second-order valence-corrected chi connectivity index (χ2v) is 19.4. The van der Waals surface area contributed by atoms with Gasteiger partial charge in [0.15, 0.2) is 0 Å². The maximum atomic E-state index is 5.06. The molecule has 0 N–H and O–H groups in total. The molecule has 0 atom stereocenters. The summed E-state index contributed by atoms with van der Waals surface area (Å²) in [4.78, 5) is 5.06. The molecule has 8 rings (SSSR count). The van der Waals surface area contributed by atoms with E-state index in [2.05, 4.69) is 143 Å². The highest BCUT2D eigenvalue weighted by Crippen LogP contribution is 2.61. The van der Waals surface area contributed by atoms with Gasteiger partial charge in [0.1, 0.15) is 0 Å². The molecule has 0 saturated heterocycles. The van der Waals surface area contributed by atoms with E-state index in [-0.39, 0.29) is 27.1 Å². The van der Waals surface area contributed by atoms with Crippen molar-refractivity contribution in [2.45, 2.75) is 116 Å². The number of pyridine rings is 1. The van der Waals surface area contributed by atoms with Gasteiger partial charge in [0, 0.05) is 27.2 Å². The number of aromatic nitrogens is 1. The zero-order chi connectivity index (χ0) is 33.5. The third-order valence-corrected chi connectivity index (χ3v) is 12.7. The van der Waals surface area contributed by atoms with Crippen LogP contribution in [0.3, 0.4) is 0 Å². The summed E-state index contributed by atoms with van der Waals surface area (Å²) in [5.41, 5.74) is 13.4. The van der Waals surface area contributed by atoms with Crippen LogP contribution in [-0.4, -0.2) is 4.98 Å². The monoisotopic (exact) mass is 635 g/mol. The molecule has 0 unspecified atom stereocenters. The lowest BCUT2D eigenvalue weighted by atomic mass is 9.74. The Morgan fingerprint density at radius 1 is 0.617 bits per heavy atom. The zero-order valence-electron chi connectivity index (χ0n) is 30.2. The molecule has 2 heteroatoms. The number of benzene rings is 4. The number of hydrogen-bond donors (Lipinski definition) is 0. The van der Waals surface area contributed by atoms with Crippen LogP contribution in [0.15, 0.2) is 72.9 Å². The third kappa shape index (κ3) is 4.50. The van der Waals surface area contributed by atoms with Gasteiger partial charge in [0.25, 0.3) is 0 Å². The van der Waals surface area contributed by atoms with Crippen molar-refractivity contribution in [3.05, 3.63) is 101 Å². The number of thiophene rings is 1. The van der Waals surface area contributed by atoms with Crippen LogP contribution in [0.2, 0.25) is 0 Å². The molecule has 2 aliphatic carbocycles. The molecule has 1 nitrogen and oxygen atoms in total. The van der Waals surface area contributed by atoms with Crippen molar-refractivity contribution in [3.63, 3.8) is 0 Å². The maximum absolute atomic E-state index is 5.06. The van der Waals surface area contributed by atoms with Gasteiger partial charge in [-0.1, -0.05) is 119 Å². The molecule has 0 radical (unpaired) electrons. The van der Waals surface area contributed by atoms with Gasteiger partial charge < -0.3 is 0 Å². The van der Waals surface area contributed by atoms with E-state index in [4.69, 9.17) is 4.98 Å². The van der Waals surface area contributed by atoms with Crippen molar-refractivity contribution in [2.24, 2.45) is 0 Å². The Kier molecular flexibility index (Phi) is 6.27. The normalized spacial score (nSPS) is 19.0. The van der Waals surface area contributed by atoms with Gasteiger partial charge in [-0.05, 0) is 114 Å². The Bertz CT molecular complexity index is 2230. The molecule has 0 bridgehead atoms. The lowest BCUT2D eigenvalue weighted by molar-refractivity contribution is 0.396. The third-order valence-electron chi connectivity index (χ3n) is 11.5. The summed E-state index contributed by atoms with van der Waals surface area (Å²) in [6.07, 6.45) is 4.36. The molecule has 0 amide bonds. The van der Waals surface area contributed by atoms with E-state index in [0.717, 1.165) is 5.69 Å². The summed E-state index contributed by atoms with van der Waals surface area (Å²) in [5, 5.41) is 5.24. The number of fused-ring (bicyclic) bond motifs is 6. The largest absolute Gasteiger partial charge is 0.255 e. The molecular weight excluding hydrogens is 587 g/mol. The second-order valence-electron chi connectivity index (χ2n) is 18.3. The molecule has 4 aromatic carbocycles. The summed E-state index contributed by atoms with van der Waals surface area (Å²) < 4.78 is 2.63. The first kappa shape index (κ1) is 30.8. The predicted octanol–water partition coefficient (Wildman–Crippen LogP) is 13.2. The van der Waals surface area contributed by atoms with E-state index in [0.29, 0.717) is 0 Å². The summed E-state index contributed by atoms with van der Waals surface area (Å²) in [5.74, 6) is 0. The van der Waals surface area contributed by atoms with Crippen LogP contribution in [0.25, 0.3) is 53.3 Å². The Hall–Kier alpha value is -3.49. The Labute approximate surface area is 285 Å². The number of hydrogen-bond acceptors (Lipinski definition) is 2. The van der Waals surface area contributed by atoms with E-state index in [1.807, 2.05) is 17.5 Å². The highest BCUT2D eigenvalue weighted by molar-refractivity contribution is 7.26. The van der Waals surface area contributed by atoms with Crippen molar-refractivity contribution in [3.8, 4) is 22.4 Å². The highest BCUT2D eigenvalue weighted by atomic mass is 32.1. The van der Waals surface area contributed by atoms with Gasteiger partial charge in [-0.15, -0.1) is 11.3 Å². The van der Waals surface area contributed by atoms with Crippen molar-refractivity contribution < 1.29 is 0 Å². The van der Waals surface area contributed by atoms with Crippen molar-refractivity contribution in [2.75, 3.05) is 0 Å². The number of nitrogens with zero attached hydrogens (tertiary/aromatic N) is 1. The van der Waals surface area contributed by atoms with E-state index < -0.39 is 0 Å². The van der Waals surface area contributed by atoms with Gasteiger partial charge in [-0.2, -0.15) is 0 Å². The fourth-order valence-corrected chi connectivity index (χ4v) is 11.4. The van der Waals surface area contributed by atoms with Crippen LogP contribution < -0.4 is 0 Å². The van der Waals surface area contributed by atoms with Crippen molar-refractivity contribution in [1.82, 2.24) is 4.98 Å². The van der Waals surface area contributed by atoms with Crippen LogP contribution >= 0.6 is 11.3 Å². The average molecular weight is 636 g/mol. The second kappa shape index (κ2) is 9.56. The SMILES string of the molecule is CC(C)(C)c1cc(-c2nccc3c2sc2cc(-c4c5c(cc6c4C(C)(C)CC6(C)C)C(C)(C)CC5(C)C)ccc23)cc2ccccc12. The van der Waals surface area contributed by atoms with Gasteiger partial charge in [-0.3, -0.25) is 4.98 Å². The maximum Gasteiger partial charge on any atom is 0.0880 e. The first-order valence-electron chi connectivity index (χ1n) is 17.5. The molecule has 47 heavy (non-hydrogen) atoms. The molecule has 0 fully saturated rings. The lowest BCUT2D eigenvalue weighted by Gasteiger charge is -2.30. The zero-order valence-corrected chi connectivity index (χ0v) is 31.0. The minimum Gasteiger partial charge on any atom is -0.255 e. The molecule has 2 aromatic heterocycles. The first-order chi connectivity index (χ1) is 21.9. The van der Waals surface area contributed by atoms with Crippen LogP contribution in [0.1, 0.15) is 117 Å². The smallest absolute Gasteiger partial charge is 0.0880 e. The van der Waals surface area contributed by atoms with Crippen molar-refractivity contribution >= 4 is 42.3 Å². The quantitative estimate of drug-likeness (QED) is 0.184. The molecule has 0 aliphatic heterocycles. The highest BCUT2D eigenvalue weighted by Gasteiger charge is 2.50. The van der Waals surface area contributed by atoms with Gasteiger partial charge >= 0.3 is 0 Å². The molecule has 0 spiro atoms. The molecule has 6 aromatic rings. The van der Waals surface area contributed by atoms with Crippen molar-refractivity contribution in [1.29, 1.82) is 0 Å². The minimum atomic E-state index is 0.0272. The van der Waals surface area contributed by atoms with Gasteiger partial charge in [0.2, 0.25) is 0 Å². The Morgan fingerprint density at radius 3 is 1.89 bits per heavy atom. The van der Waals surface area contributed by atoms with Crippen LogP contribution in [0.4, 0.5) is 0 Å². The van der Waals surface area contributed by atoms with Crippen LogP contribution in [0, 0.1) is 0 Å². The molecular formula is C45H49NS. The van der Waals surface area contributed by atoms with E-state index in [1.54, 1.807) is 22.3 Å². The summed E-state index contributed by atoms with van der Waals surface area (Å²) >= 11 is 1.91. The molecule has 240 valence electrons. The summed E-state index contributed by atoms with van der Waals surface area (Å²) in [6.45, 7) is 26.7. The standard InChI is InChI=1S/C45H49NS/c1-41(2,3)32-21-28(20-26-14-12-13-15-29(26)32)39-40-31(18-19-46-39)30-17-16-27(22-35(30)47-40)36-37-33(42(4,5)24-44(37,8)9)23-34-38(36)45(10,11)25-43(34,6)7/h12-23H,24-25H2,1-11H3. The van der Waals surface area contributed by atoms with Gasteiger partial charge in [-0.25, -0.2) is 0 Å². The van der Waals surface area contributed by atoms with Crippen LogP contribution in [-0.2, 0) is 27.1 Å². The average Bonchev–Trinajstić information content (AvgIpc) is 3.51. The van der Waals surface area contributed by atoms with Crippen LogP contribution in [0.5, 0.6) is 0 Å². The number of rotatable bonds is 2. The van der Waals surface area contributed by atoms with E-state index in [1.165, 1.54) is 66.0 Å².